The van der Waals surface area contributed by atoms with Crippen molar-refractivity contribution in [1.29, 1.82) is 0 Å². The highest BCUT2D eigenvalue weighted by molar-refractivity contribution is 5.90. The summed E-state index contributed by atoms with van der Waals surface area (Å²) in [7, 11) is 0. The average molecular weight is 216 g/mol. The largest absolute Gasteiger partial charge is 0.478 e. The van der Waals surface area contributed by atoms with Crippen molar-refractivity contribution < 1.29 is 9.90 Å². The van der Waals surface area contributed by atoms with Gasteiger partial charge in [0.2, 0.25) is 0 Å². The Balaban J connectivity index is 3.33. The third-order valence-electron chi connectivity index (χ3n) is 2.56. The minimum Gasteiger partial charge on any atom is -0.478 e. The van der Waals surface area contributed by atoms with Gasteiger partial charge in [-0.05, 0) is 34.8 Å². The van der Waals surface area contributed by atoms with Gasteiger partial charge in [-0.3, -0.25) is 0 Å². The summed E-state index contributed by atoms with van der Waals surface area (Å²) in [5.74, 6) is -0.642. The summed E-state index contributed by atoms with van der Waals surface area (Å²) in [6, 6.07) is 5.00. The highest BCUT2D eigenvalue weighted by Crippen LogP contribution is 2.26. The molecule has 16 heavy (non-hydrogen) atoms. The van der Waals surface area contributed by atoms with E-state index < -0.39 is 5.97 Å². The SMILES string of the molecule is C=Cc1ccc(C(=O)O)cc1C(=C)C(C)C. The summed E-state index contributed by atoms with van der Waals surface area (Å²) < 4.78 is 0. The van der Waals surface area contributed by atoms with Gasteiger partial charge in [-0.1, -0.05) is 39.1 Å². The molecule has 84 valence electrons. The van der Waals surface area contributed by atoms with E-state index in [4.69, 9.17) is 5.11 Å². The van der Waals surface area contributed by atoms with Crippen LogP contribution < -0.4 is 0 Å². The van der Waals surface area contributed by atoms with Crippen molar-refractivity contribution in [3.63, 3.8) is 0 Å². The average Bonchev–Trinajstić information content (AvgIpc) is 2.26. The van der Waals surface area contributed by atoms with E-state index >= 15 is 0 Å². The van der Waals surface area contributed by atoms with Gasteiger partial charge in [0.05, 0.1) is 5.56 Å². The zero-order valence-corrected chi connectivity index (χ0v) is 9.66. The van der Waals surface area contributed by atoms with E-state index in [2.05, 4.69) is 13.2 Å². The number of hydrogen-bond acceptors (Lipinski definition) is 1. The van der Waals surface area contributed by atoms with Crippen LogP contribution in [0.3, 0.4) is 0 Å². The van der Waals surface area contributed by atoms with Gasteiger partial charge in [0, 0.05) is 0 Å². The Morgan fingerprint density at radius 2 is 2.06 bits per heavy atom. The lowest BCUT2D eigenvalue weighted by Crippen LogP contribution is -2.01. The lowest BCUT2D eigenvalue weighted by atomic mass is 9.91. The predicted molar refractivity (Wildman–Crippen MR) is 67.4 cm³/mol. The molecule has 2 nitrogen and oxygen atoms in total. The molecule has 0 saturated carbocycles. The number of carbonyl (C=O) groups is 1. The molecule has 0 amide bonds. The first-order chi connectivity index (χ1) is 7.47. The second-order valence-electron chi connectivity index (χ2n) is 3.99. The fourth-order valence-corrected chi connectivity index (χ4v) is 1.46. The smallest absolute Gasteiger partial charge is 0.335 e. The predicted octanol–water partition coefficient (Wildman–Crippen LogP) is 3.70. The Morgan fingerprint density at radius 3 is 2.50 bits per heavy atom. The Bertz CT molecular complexity index is 442. The van der Waals surface area contributed by atoms with Crippen molar-refractivity contribution in [2.24, 2.45) is 5.92 Å². The van der Waals surface area contributed by atoms with Crippen LogP contribution in [0.5, 0.6) is 0 Å². The molecule has 0 spiro atoms. The molecular weight excluding hydrogens is 200 g/mol. The summed E-state index contributed by atoms with van der Waals surface area (Å²) in [6.45, 7) is 11.8. The van der Waals surface area contributed by atoms with E-state index in [0.717, 1.165) is 16.7 Å². The minimum atomic E-state index is -0.923. The van der Waals surface area contributed by atoms with Gasteiger partial charge in [0.15, 0.2) is 0 Å². The molecule has 0 fully saturated rings. The summed E-state index contributed by atoms with van der Waals surface area (Å²) in [5, 5.41) is 8.94. The summed E-state index contributed by atoms with van der Waals surface area (Å²) in [6.07, 6.45) is 1.72. The molecule has 0 aliphatic heterocycles. The van der Waals surface area contributed by atoms with Crippen molar-refractivity contribution in [2.45, 2.75) is 13.8 Å². The summed E-state index contributed by atoms with van der Waals surface area (Å²) in [4.78, 5) is 10.9. The Hall–Kier alpha value is -1.83. The third-order valence-corrected chi connectivity index (χ3v) is 2.56. The van der Waals surface area contributed by atoms with Gasteiger partial charge in [-0.25, -0.2) is 4.79 Å². The van der Waals surface area contributed by atoms with E-state index in [-0.39, 0.29) is 11.5 Å². The monoisotopic (exact) mass is 216 g/mol. The van der Waals surface area contributed by atoms with Gasteiger partial charge < -0.3 is 5.11 Å². The number of aromatic carboxylic acids is 1. The van der Waals surface area contributed by atoms with Gasteiger partial charge in [-0.15, -0.1) is 0 Å². The second kappa shape index (κ2) is 4.79. The maximum Gasteiger partial charge on any atom is 0.335 e. The van der Waals surface area contributed by atoms with Crippen LogP contribution in [-0.4, -0.2) is 11.1 Å². The van der Waals surface area contributed by atoms with Gasteiger partial charge in [-0.2, -0.15) is 0 Å². The first kappa shape index (κ1) is 12.2. The van der Waals surface area contributed by atoms with Crippen molar-refractivity contribution in [2.75, 3.05) is 0 Å². The Kier molecular flexibility index (Phi) is 3.67. The molecule has 0 bridgehead atoms. The fraction of sp³-hybridized carbons (Fsp3) is 0.214. The van der Waals surface area contributed by atoms with Crippen LogP contribution in [0.4, 0.5) is 0 Å². The first-order valence-corrected chi connectivity index (χ1v) is 5.16. The maximum absolute atomic E-state index is 10.9. The van der Waals surface area contributed by atoms with Crippen LogP contribution in [0.25, 0.3) is 11.6 Å². The van der Waals surface area contributed by atoms with Crippen LogP contribution in [0.2, 0.25) is 0 Å². The molecule has 1 aromatic rings. The van der Waals surface area contributed by atoms with Crippen LogP contribution in [-0.2, 0) is 0 Å². The molecule has 0 heterocycles. The first-order valence-electron chi connectivity index (χ1n) is 5.16. The molecule has 0 atom stereocenters. The molecule has 1 rings (SSSR count). The number of hydrogen-bond donors (Lipinski definition) is 1. The van der Waals surface area contributed by atoms with Gasteiger partial charge >= 0.3 is 5.97 Å². The van der Waals surface area contributed by atoms with Gasteiger partial charge in [0.1, 0.15) is 0 Å². The molecular formula is C14H16O2. The van der Waals surface area contributed by atoms with E-state index in [1.807, 2.05) is 13.8 Å². The molecule has 0 unspecified atom stereocenters. The lowest BCUT2D eigenvalue weighted by molar-refractivity contribution is 0.0697. The molecule has 0 aliphatic rings. The van der Waals surface area contributed by atoms with Crippen LogP contribution >= 0.6 is 0 Å². The minimum absolute atomic E-state index is 0.280. The topological polar surface area (TPSA) is 37.3 Å². The molecule has 1 N–H and O–H groups in total. The van der Waals surface area contributed by atoms with Crippen LogP contribution in [0, 0.1) is 5.92 Å². The van der Waals surface area contributed by atoms with E-state index in [1.165, 1.54) is 0 Å². The molecule has 1 aromatic carbocycles. The molecule has 2 heteroatoms. The highest BCUT2D eigenvalue weighted by Gasteiger charge is 2.11. The number of rotatable bonds is 4. The van der Waals surface area contributed by atoms with E-state index in [0.29, 0.717) is 0 Å². The summed E-state index contributed by atoms with van der Waals surface area (Å²) >= 11 is 0. The third kappa shape index (κ3) is 2.40. The molecule has 0 saturated heterocycles. The Labute approximate surface area is 95.9 Å². The van der Waals surface area contributed by atoms with Crippen molar-refractivity contribution in [3.05, 3.63) is 48.0 Å². The fourth-order valence-electron chi connectivity index (χ4n) is 1.46. The number of benzene rings is 1. The number of allylic oxidation sites excluding steroid dienone is 1. The van der Waals surface area contributed by atoms with E-state index in [9.17, 15) is 4.79 Å². The normalized spacial score (nSPS) is 10.2. The quantitative estimate of drug-likeness (QED) is 0.833. The van der Waals surface area contributed by atoms with Crippen LogP contribution in [0.1, 0.15) is 35.3 Å². The maximum atomic E-state index is 10.9. The second-order valence-corrected chi connectivity index (χ2v) is 3.99. The number of carboxylic acid groups (broad SMARTS) is 1. The highest BCUT2D eigenvalue weighted by atomic mass is 16.4. The summed E-state index contributed by atoms with van der Waals surface area (Å²) in [5.41, 5.74) is 2.99. The lowest BCUT2D eigenvalue weighted by Gasteiger charge is -2.13. The molecule has 0 aliphatic carbocycles. The molecule has 0 radical (unpaired) electrons. The molecule has 0 aromatic heterocycles. The zero-order chi connectivity index (χ0) is 12.3. The standard InChI is InChI=1S/C14H16O2/c1-5-11-6-7-12(14(15)16)8-13(11)10(4)9(2)3/h5-9H,1,4H2,2-3H3,(H,15,16). The van der Waals surface area contributed by atoms with Gasteiger partial charge in [0.25, 0.3) is 0 Å². The van der Waals surface area contributed by atoms with Crippen molar-refractivity contribution in [3.8, 4) is 0 Å². The van der Waals surface area contributed by atoms with Crippen molar-refractivity contribution in [1.82, 2.24) is 0 Å². The number of carboxylic acids is 1. The van der Waals surface area contributed by atoms with E-state index in [1.54, 1.807) is 24.3 Å². The Morgan fingerprint density at radius 1 is 1.44 bits per heavy atom. The van der Waals surface area contributed by atoms with Crippen molar-refractivity contribution >= 4 is 17.6 Å². The zero-order valence-electron chi connectivity index (χ0n) is 9.66. The van der Waals surface area contributed by atoms with Crippen LogP contribution in [0.15, 0.2) is 31.4 Å².